The van der Waals surface area contributed by atoms with Crippen LogP contribution in [-0.2, 0) is 16.2 Å². The number of hydrogen-bond acceptors (Lipinski definition) is 6. The average Bonchev–Trinajstić information content (AvgIpc) is 2.53. The molecule has 0 fully saturated rings. The molecular weight excluding hydrogens is 391 g/mol. The molecule has 2 aromatic rings. The highest BCUT2D eigenvalue weighted by Crippen LogP contribution is 2.30. The molecule has 140 valence electrons. The number of ketones is 1. The Bertz CT molecular complexity index is 900. The van der Waals surface area contributed by atoms with Gasteiger partial charge in [-0.25, -0.2) is 18.4 Å². The first-order chi connectivity index (χ1) is 12.0. The molecule has 6 nitrogen and oxygen atoms in total. The van der Waals surface area contributed by atoms with Gasteiger partial charge in [-0.3, -0.25) is 9.52 Å². The second-order valence-electron chi connectivity index (χ2n) is 5.30. The summed E-state index contributed by atoms with van der Waals surface area (Å²) in [7, 11) is -3.43. The van der Waals surface area contributed by atoms with Gasteiger partial charge >= 0.3 is 6.18 Å². The molecule has 0 radical (unpaired) electrons. The van der Waals surface area contributed by atoms with Crippen LogP contribution in [0.5, 0.6) is 0 Å². The first-order valence-electron chi connectivity index (χ1n) is 7.15. The molecule has 1 aromatic heterocycles. The Morgan fingerprint density at radius 2 is 1.81 bits per heavy atom. The fourth-order valence-corrected chi connectivity index (χ4v) is 3.31. The van der Waals surface area contributed by atoms with Crippen LogP contribution >= 0.6 is 11.8 Å². The summed E-state index contributed by atoms with van der Waals surface area (Å²) < 4.78 is 62.6. The van der Waals surface area contributed by atoms with Gasteiger partial charge in [0.15, 0.2) is 10.9 Å². The van der Waals surface area contributed by atoms with Crippen molar-refractivity contribution in [1.82, 2.24) is 9.97 Å². The van der Waals surface area contributed by atoms with Crippen LogP contribution in [0.4, 0.5) is 18.9 Å². The molecule has 2 rings (SSSR count). The van der Waals surface area contributed by atoms with E-state index in [-0.39, 0.29) is 16.5 Å². The number of Topliss-reactive ketones (excluding diaryl/α,β-unsaturated/α-hetero) is 1. The van der Waals surface area contributed by atoms with Gasteiger partial charge in [-0.2, -0.15) is 13.2 Å². The van der Waals surface area contributed by atoms with Crippen LogP contribution in [-0.4, -0.2) is 35.7 Å². The zero-order chi connectivity index (χ0) is 19.5. The summed E-state index contributed by atoms with van der Waals surface area (Å²) in [6, 6.07) is 6.46. The quantitative estimate of drug-likeness (QED) is 0.451. The Morgan fingerprint density at radius 3 is 2.35 bits per heavy atom. The maximum Gasteiger partial charge on any atom is 0.433 e. The fourth-order valence-electron chi connectivity index (χ4n) is 1.92. The van der Waals surface area contributed by atoms with Gasteiger partial charge in [-0.1, -0.05) is 11.8 Å². The van der Waals surface area contributed by atoms with Gasteiger partial charge in [-0.15, -0.1) is 0 Å². The lowest BCUT2D eigenvalue weighted by Gasteiger charge is -2.11. The summed E-state index contributed by atoms with van der Waals surface area (Å²) in [6.07, 6.45) is -2.60. The summed E-state index contributed by atoms with van der Waals surface area (Å²) in [4.78, 5) is 19.5. The number of carbonyl (C=O) groups is 1. The minimum atomic E-state index is -4.59. The maximum absolute atomic E-state index is 12.7. The first-order valence-corrected chi connectivity index (χ1v) is 9.92. The monoisotopic (exact) mass is 405 g/mol. The summed E-state index contributed by atoms with van der Waals surface area (Å²) in [6.45, 7) is 1.53. The highest BCUT2D eigenvalue weighted by atomic mass is 32.2. The van der Waals surface area contributed by atoms with E-state index in [1.54, 1.807) is 0 Å². The number of alkyl halides is 3. The van der Waals surface area contributed by atoms with Crippen LogP contribution in [0.3, 0.4) is 0 Å². The van der Waals surface area contributed by atoms with E-state index >= 15 is 0 Å². The lowest BCUT2D eigenvalue weighted by atomic mass is 10.1. The predicted octanol–water partition coefficient (Wildman–Crippen LogP) is 3.23. The Labute approximate surface area is 152 Å². The molecule has 1 unspecified atom stereocenters. The molecule has 1 atom stereocenters. The van der Waals surface area contributed by atoms with E-state index in [1.165, 1.54) is 31.2 Å². The summed E-state index contributed by atoms with van der Waals surface area (Å²) in [5.74, 6) is -0.345. The SMILES string of the molecule is CC(Sc1nccc(C(F)(F)F)n1)C(=O)c1ccc(NS(C)(=O)=O)cc1. The normalized spacial score (nSPS) is 13.3. The topological polar surface area (TPSA) is 89.0 Å². The number of rotatable bonds is 6. The van der Waals surface area contributed by atoms with Crippen LogP contribution in [0, 0.1) is 0 Å². The van der Waals surface area contributed by atoms with E-state index < -0.39 is 27.1 Å². The Hall–Kier alpha value is -2.14. The van der Waals surface area contributed by atoms with E-state index in [0.717, 1.165) is 30.3 Å². The molecule has 0 aliphatic carbocycles. The highest BCUT2D eigenvalue weighted by molar-refractivity contribution is 8.00. The number of aromatic nitrogens is 2. The summed E-state index contributed by atoms with van der Waals surface area (Å²) in [5.41, 5.74) is -0.493. The van der Waals surface area contributed by atoms with E-state index in [9.17, 15) is 26.4 Å². The number of nitrogens with zero attached hydrogens (tertiary/aromatic N) is 2. The number of nitrogens with one attached hydrogen (secondary N) is 1. The van der Waals surface area contributed by atoms with E-state index in [4.69, 9.17) is 0 Å². The van der Waals surface area contributed by atoms with Gasteiger partial charge < -0.3 is 0 Å². The van der Waals surface area contributed by atoms with Crippen molar-refractivity contribution in [3.05, 3.63) is 47.8 Å². The van der Waals surface area contributed by atoms with Gasteiger partial charge in [0.05, 0.1) is 11.5 Å². The van der Waals surface area contributed by atoms with E-state index in [0.29, 0.717) is 5.69 Å². The van der Waals surface area contributed by atoms with E-state index in [2.05, 4.69) is 14.7 Å². The van der Waals surface area contributed by atoms with Crippen LogP contribution in [0.2, 0.25) is 0 Å². The van der Waals surface area contributed by atoms with E-state index in [1.807, 2.05) is 0 Å². The zero-order valence-corrected chi connectivity index (χ0v) is 15.2. The lowest BCUT2D eigenvalue weighted by Crippen LogP contribution is -2.15. The third kappa shape index (κ3) is 5.70. The smallest absolute Gasteiger partial charge is 0.293 e. The van der Waals surface area contributed by atoms with Gasteiger partial charge in [0.1, 0.15) is 5.69 Å². The third-order valence-electron chi connectivity index (χ3n) is 3.05. The molecule has 1 heterocycles. The minimum Gasteiger partial charge on any atom is -0.293 e. The third-order valence-corrected chi connectivity index (χ3v) is 4.63. The lowest BCUT2D eigenvalue weighted by molar-refractivity contribution is -0.141. The van der Waals surface area contributed by atoms with Crippen LogP contribution in [0.1, 0.15) is 23.0 Å². The van der Waals surface area contributed by atoms with Crippen LogP contribution in [0.15, 0.2) is 41.7 Å². The molecule has 0 bridgehead atoms. The van der Waals surface area contributed by atoms with Crippen molar-refractivity contribution >= 4 is 33.3 Å². The molecule has 1 aromatic carbocycles. The van der Waals surface area contributed by atoms with Crippen molar-refractivity contribution in [2.24, 2.45) is 0 Å². The fraction of sp³-hybridized carbons (Fsp3) is 0.267. The molecule has 0 aliphatic heterocycles. The largest absolute Gasteiger partial charge is 0.433 e. The van der Waals surface area contributed by atoms with Gasteiger partial charge in [0.2, 0.25) is 10.0 Å². The number of halogens is 3. The van der Waals surface area contributed by atoms with Crippen molar-refractivity contribution in [1.29, 1.82) is 0 Å². The Morgan fingerprint density at radius 1 is 1.19 bits per heavy atom. The first kappa shape index (κ1) is 20.2. The second kappa shape index (κ2) is 7.62. The molecule has 11 heteroatoms. The van der Waals surface area contributed by atoms with Gasteiger partial charge in [0.25, 0.3) is 0 Å². The zero-order valence-electron chi connectivity index (χ0n) is 13.6. The minimum absolute atomic E-state index is 0.156. The molecule has 1 N–H and O–H groups in total. The van der Waals surface area contributed by atoms with Crippen LogP contribution < -0.4 is 4.72 Å². The molecule has 0 spiro atoms. The number of carbonyl (C=O) groups excluding carboxylic acids is 1. The molecule has 0 saturated carbocycles. The standard InChI is InChI=1S/C15H14F3N3O3S2/c1-9(25-14-19-8-7-12(20-14)15(16,17)18)13(22)10-3-5-11(6-4-10)21-26(2,23)24/h3-9,21H,1-2H3. The number of anilines is 1. The Balaban J connectivity index is 2.10. The molecule has 26 heavy (non-hydrogen) atoms. The van der Waals surface area contributed by atoms with Crippen molar-refractivity contribution < 1.29 is 26.4 Å². The average molecular weight is 405 g/mol. The van der Waals surface area contributed by atoms with Crippen molar-refractivity contribution in [3.63, 3.8) is 0 Å². The summed E-state index contributed by atoms with van der Waals surface area (Å²) in [5, 5.41) is -0.886. The molecule has 0 aliphatic rings. The van der Waals surface area contributed by atoms with Gasteiger partial charge in [-0.05, 0) is 37.3 Å². The number of benzene rings is 1. The molecular formula is C15H14F3N3O3S2. The predicted molar refractivity (Wildman–Crippen MR) is 91.6 cm³/mol. The highest BCUT2D eigenvalue weighted by Gasteiger charge is 2.33. The number of sulfonamides is 1. The second-order valence-corrected chi connectivity index (χ2v) is 8.35. The van der Waals surface area contributed by atoms with Crippen molar-refractivity contribution in [2.45, 2.75) is 23.5 Å². The van der Waals surface area contributed by atoms with Crippen molar-refractivity contribution in [2.75, 3.05) is 11.0 Å². The van der Waals surface area contributed by atoms with Crippen molar-refractivity contribution in [3.8, 4) is 0 Å². The molecule has 0 amide bonds. The molecule has 0 saturated heterocycles. The van der Waals surface area contributed by atoms with Crippen LogP contribution in [0.25, 0.3) is 0 Å². The number of thioether (sulfide) groups is 1. The number of hydrogen-bond donors (Lipinski definition) is 1. The maximum atomic E-state index is 12.7. The Kier molecular flexibility index (Phi) is 5.91. The van der Waals surface area contributed by atoms with Gasteiger partial charge in [0, 0.05) is 17.4 Å². The summed E-state index contributed by atoms with van der Waals surface area (Å²) >= 11 is 0.808.